The van der Waals surface area contributed by atoms with Gasteiger partial charge in [0.15, 0.2) is 0 Å². The van der Waals surface area contributed by atoms with Gasteiger partial charge in [-0.1, -0.05) is 6.07 Å². The first-order chi connectivity index (χ1) is 8.31. The van der Waals surface area contributed by atoms with Gasteiger partial charge in [0, 0.05) is 28.6 Å². The average Bonchev–Trinajstić information content (AvgIpc) is 2.84. The third-order valence-corrected chi connectivity index (χ3v) is 3.26. The molecule has 0 unspecified atom stereocenters. The van der Waals surface area contributed by atoms with Crippen LogP contribution in [-0.4, -0.2) is 7.11 Å². The summed E-state index contributed by atoms with van der Waals surface area (Å²) in [4.78, 5) is 1.14. The summed E-state index contributed by atoms with van der Waals surface area (Å²) in [6.45, 7) is 0.722. The molecule has 2 rings (SSSR count). The van der Waals surface area contributed by atoms with Gasteiger partial charge < -0.3 is 10.1 Å². The number of anilines is 1. The molecule has 4 heteroatoms. The Morgan fingerprint density at radius 2 is 2.29 bits per heavy atom. The minimum Gasteiger partial charge on any atom is -0.497 e. The maximum Gasteiger partial charge on any atom is 0.120 e. The van der Waals surface area contributed by atoms with Crippen molar-refractivity contribution in [3.05, 3.63) is 46.2 Å². The van der Waals surface area contributed by atoms with Crippen molar-refractivity contribution in [2.45, 2.75) is 6.54 Å². The van der Waals surface area contributed by atoms with Crippen molar-refractivity contribution in [1.29, 1.82) is 5.26 Å². The summed E-state index contributed by atoms with van der Waals surface area (Å²) in [5, 5.41) is 13.9. The molecule has 0 radical (unpaired) electrons. The van der Waals surface area contributed by atoms with Crippen LogP contribution in [0.5, 0.6) is 5.75 Å². The quantitative estimate of drug-likeness (QED) is 0.898. The Labute approximate surface area is 104 Å². The van der Waals surface area contributed by atoms with Gasteiger partial charge in [0.05, 0.1) is 12.7 Å². The SMILES string of the molecule is COc1cccc(NCc2cc(C#N)cs2)c1. The molecule has 0 fully saturated rings. The van der Waals surface area contributed by atoms with Gasteiger partial charge in [0.25, 0.3) is 0 Å². The third-order valence-electron chi connectivity index (χ3n) is 2.32. The molecular weight excluding hydrogens is 232 g/mol. The number of nitrogens with one attached hydrogen (secondary N) is 1. The molecule has 1 N–H and O–H groups in total. The van der Waals surface area contributed by atoms with Crippen LogP contribution >= 0.6 is 11.3 Å². The van der Waals surface area contributed by atoms with E-state index in [9.17, 15) is 0 Å². The summed E-state index contributed by atoms with van der Waals surface area (Å²) in [6.07, 6.45) is 0. The lowest BCUT2D eigenvalue weighted by atomic mass is 10.3. The summed E-state index contributed by atoms with van der Waals surface area (Å²) in [5.74, 6) is 0.832. The zero-order valence-electron chi connectivity index (χ0n) is 9.43. The van der Waals surface area contributed by atoms with Crippen molar-refractivity contribution in [1.82, 2.24) is 0 Å². The molecule has 1 heterocycles. The van der Waals surface area contributed by atoms with Gasteiger partial charge in [0.1, 0.15) is 11.8 Å². The molecule has 0 atom stereocenters. The van der Waals surface area contributed by atoms with E-state index in [0.29, 0.717) is 0 Å². The van der Waals surface area contributed by atoms with E-state index in [0.717, 1.165) is 28.4 Å². The topological polar surface area (TPSA) is 45.0 Å². The monoisotopic (exact) mass is 244 g/mol. The average molecular weight is 244 g/mol. The van der Waals surface area contributed by atoms with Crippen LogP contribution in [0.2, 0.25) is 0 Å². The van der Waals surface area contributed by atoms with Crippen LogP contribution in [0.15, 0.2) is 35.7 Å². The van der Waals surface area contributed by atoms with E-state index in [4.69, 9.17) is 10.00 Å². The number of hydrogen-bond donors (Lipinski definition) is 1. The minimum absolute atomic E-state index is 0.720. The predicted molar refractivity (Wildman–Crippen MR) is 69.4 cm³/mol. The molecule has 86 valence electrons. The minimum atomic E-state index is 0.720. The largest absolute Gasteiger partial charge is 0.497 e. The smallest absolute Gasteiger partial charge is 0.120 e. The molecule has 0 spiro atoms. The molecule has 1 aromatic carbocycles. The molecule has 1 aromatic heterocycles. The van der Waals surface area contributed by atoms with Crippen molar-refractivity contribution < 1.29 is 4.74 Å². The Kier molecular flexibility index (Phi) is 3.63. The van der Waals surface area contributed by atoms with Crippen molar-refractivity contribution in [3.8, 4) is 11.8 Å². The highest BCUT2D eigenvalue weighted by Gasteiger charge is 2.00. The van der Waals surface area contributed by atoms with Crippen LogP contribution < -0.4 is 10.1 Å². The predicted octanol–water partition coefficient (Wildman–Crippen LogP) is 3.24. The fourth-order valence-electron chi connectivity index (χ4n) is 1.45. The molecule has 17 heavy (non-hydrogen) atoms. The molecule has 3 nitrogen and oxygen atoms in total. The Hall–Kier alpha value is -1.99. The summed E-state index contributed by atoms with van der Waals surface area (Å²) in [7, 11) is 1.65. The molecular formula is C13H12N2OS. The molecule has 0 aliphatic carbocycles. The first kappa shape index (κ1) is 11.5. The third kappa shape index (κ3) is 2.99. The molecule has 0 amide bonds. The highest BCUT2D eigenvalue weighted by molar-refractivity contribution is 7.10. The second-order valence-corrected chi connectivity index (χ2v) is 4.49. The van der Waals surface area contributed by atoms with Crippen LogP contribution in [0.1, 0.15) is 10.4 Å². The summed E-state index contributed by atoms with van der Waals surface area (Å²) >= 11 is 1.59. The number of nitrogens with zero attached hydrogens (tertiary/aromatic N) is 1. The highest BCUT2D eigenvalue weighted by Crippen LogP contribution is 2.19. The van der Waals surface area contributed by atoms with E-state index in [1.54, 1.807) is 18.4 Å². The van der Waals surface area contributed by atoms with Crippen LogP contribution in [0.4, 0.5) is 5.69 Å². The number of nitriles is 1. The van der Waals surface area contributed by atoms with Crippen LogP contribution in [-0.2, 0) is 6.54 Å². The number of thiophene rings is 1. The van der Waals surface area contributed by atoms with Gasteiger partial charge in [-0.25, -0.2) is 0 Å². The Bertz CT molecular complexity index is 542. The van der Waals surface area contributed by atoms with Crippen molar-refractivity contribution in [3.63, 3.8) is 0 Å². The van der Waals surface area contributed by atoms with E-state index in [1.165, 1.54) is 0 Å². The maximum atomic E-state index is 8.72. The Morgan fingerprint density at radius 3 is 3.00 bits per heavy atom. The number of hydrogen-bond acceptors (Lipinski definition) is 4. The standard InChI is InChI=1S/C13H12N2OS/c1-16-12-4-2-3-11(6-12)15-8-13-5-10(7-14)9-17-13/h2-6,9,15H,8H2,1H3. The Balaban J connectivity index is 1.99. The first-order valence-electron chi connectivity index (χ1n) is 5.17. The summed E-state index contributed by atoms with van der Waals surface area (Å²) in [5.41, 5.74) is 1.73. The maximum absolute atomic E-state index is 8.72. The van der Waals surface area contributed by atoms with Crippen molar-refractivity contribution in [2.24, 2.45) is 0 Å². The lowest BCUT2D eigenvalue weighted by molar-refractivity contribution is 0.415. The highest BCUT2D eigenvalue weighted by atomic mass is 32.1. The van der Waals surface area contributed by atoms with Gasteiger partial charge in [-0.3, -0.25) is 0 Å². The van der Waals surface area contributed by atoms with Gasteiger partial charge >= 0.3 is 0 Å². The second kappa shape index (κ2) is 5.37. The molecule has 0 bridgehead atoms. The van der Waals surface area contributed by atoms with Gasteiger partial charge in [-0.05, 0) is 18.2 Å². The van der Waals surface area contributed by atoms with E-state index < -0.39 is 0 Å². The number of rotatable bonds is 4. The first-order valence-corrected chi connectivity index (χ1v) is 6.05. The molecule has 0 aliphatic rings. The fraction of sp³-hybridized carbons (Fsp3) is 0.154. The van der Waals surface area contributed by atoms with E-state index >= 15 is 0 Å². The van der Waals surface area contributed by atoms with Crippen molar-refractivity contribution >= 4 is 17.0 Å². The van der Waals surface area contributed by atoms with E-state index in [-0.39, 0.29) is 0 Å². The fourth-order valence-corrected chi connectivity index (χ4v) is 2.20. The lowest BCUT2D eigenvalue weighted by Gasteiger charge is -2.06. The van der Waals surface area contributed by atoms with Crippen molar-refractivity contribution in [2.75, 3.05) is 12.4 Å². The number of benzene rings is 1. The normalized spacial score (nSPS) is 9.65. The lowest BCUT2D eigenvalue weighted by Crippen LogP contribution is -1.97. The Morgan fingerprint density at radius 1 is 1.41 bits per heavy atom. The van der Waals surface area contributed by atoms with Crippen LogP contribution in [0.25, 0.3) is 0 Å². The second-order valence-electron chi connectivity index (χ2n) is 3.50. The van der Waals surface area contributed by atoms with E-state index in [2.05, 4.69) is 11.4 Å². The van der Waals surface area contributed by atoms with Crippen LogP contribution in [0.3, 0.4) is 0 Å². The zero-order chi connectivity index (χ0) is 12.1. The van der Waals surface area contributed by atoms with Crippen LogP contribution in [0, 0.1) is 11.3 Å². The summed E-state index contributed by atoms with van der Waals surface area (Å²) < 4.78 is 5.15. The van der Waals surface area contributed by atoms with Gasteiger partial charge in [-0.2, -0.15) is 5.26 Å². The van der Waals surface area contributed by atoms with Gasteiger partial charge in [0.2, 0.25) is 0 Å². The molecule has 2 aromatic rings. The summed E-state index contributed by atoms with van der Waals surface area (Å²) in [6, 6.07) is 11.8. The number of ether oxygens (including phenoxy) is 1. The number of methoxy groups -OCH3 is 1. The van der Waals surface area contributed by atoms with E-state index in [1.807, 2.05) is 35.7 Å². The molecule has 0 aliphatic heterocycles. The van der Waals surface area contributed by atoms with Gasteiger partial charge in [-0.15, -0.1) is 11.3 Å². The molecule has 0 saturated heterocycles. The zero-order valence-corrected chi connectivity index (χ0v) is 10.3. The molecule has 0 saturated carbocycles.